The predicted octanol–water partition coefficient (Wildman–Crippen LogP) is 2.62. The minimum absolute atomic E-state index is 0.0538. The molecule has 5 heterocycles. The molecule has 0 bridgehead atoms. The van der Waals surface area contributed by atoms with E-state index in [1.54, 1.807) is 23.3 Å². The Kier molecular flexibility index (Phi) is 3.78. The van der Waals surface area contributed by atoms with Crippen molar-refractivity contribution in [1.82, 2.24) is 34.3 Å². The second-order valence-corrected chi connectivity index (χ2v) is 7.31. The van der Waals surface area contributed by atoms with Crippen LogP contribution in [0.15, 0.2) is 49.1 Å². The van der Waals surface area contributed by atoms with Crippen molar-refractivity contribution in [2.24, 2.45) is 0 Å². The van der Waals surface area contributed by atoms with Gasteiger partial charge in [-0.05, 0) is 38.1 Å². The molecule has 1 N–H and O–H groups in total. The lowest BCUT2D eigenvalue weighted by atomic mass is 9.99. The summed E-state index contributed by atoms with van der Waals surface area (Å²) >= 11 is 0. The lowest BCUT2D eigenvalue weighted by Crippen LogP contribution is -2.42. The van der Waals surface area contributed by atoms with E-state index in [2.05, 4.69) is 15.1 Å². The third-order valence-corrected chi connectivity index (χ3v) is 5.23. The van der Waals surface area contributed by atoms with Gasteiger partial charge in [-0.3, -0.25) is 9.48 Å². The van der Waals surface area contributed by atoms with Gasteiger partial charge in [0, 0.05) is 37.1 Å². The van der Waals surface area contributed by atoms with E-state index in [-0.39, 0.29) is 18.0 Å². The molecule has 1 atom stereocenters. The summed E-state index contributed by atoms with van der Waals surface area (Å²) in [5.74, 6) is -0.0538. The third kappa shape index (κ3) is 2.52. The zero-order valence-corrected chi connectivity index (χ0v) is 15.8. The van der Waals surface area contributed by atoms with E-state index in [1.807, 2.05) is 53.7 Å². The number of imidazole rings is 1. The zero-order valence-electron chi connectivity index (χ0n) is 15.8. The quantitative estimate of drug-likeness (QED) is 0.597. The van der Waals surface area contributed by atoms with Gasteiger partial charge in [-0.2, -0.15) is 10.2 Å². The van der Waals surface area contributed by atoms with Gasteiger partial charge < -0.3 is 9.88 Å². The number of nitrogens with one attached hydrogen (secondary N) is 1. The van der Waals surface area contributed by atoms with Gasteiger partial charge in [0.1, 0.15) is 11.7 Å². The molecular weight excluding hydrogens is 354 g/mol. The highest BCUT2D eigenvalue weighted by Crippen LogP contribution is 2.34. The Labute approximate surface area is 161 Å². The summed E-state index contributed by atoms with van der Waals surface area (Å²) in [5, 5.41) is 9.06. The summed E-state index contributed by atoms with van der Waals surface area (Å²) < 4.78 is 3.60. The molecule has 0 aromatic carbocycles. The molecule has 0 aliphatic carbocycles. The second kappa shape index (κ2) is 6.33. The first-order valence-corrected chi connectivity index (χ1v) is 9.44. The normalized spacial score (nSPS) is 16.7. The molecule has 5 rings (SSSR count). The number of amides is 1. The maximum atomic E-state index is 13.5. The first kappa shape index (κ1) is 16.7. The SMILES string of the molecule is CC(C)n1nccc1C(=O)N1CCc2[nH]cnc2[C@@H]1c1cc2ccccn2n1. The number of nitrogens with zero attached hydrogens (tertiary/aromatic N) is 6. The van der Waals surface area contributed by atoms with Crippen LogP contribution in [0.4, 0.5) is 0 Å². The number of rotatable bonds is 3. The molecule has 0 spiro atoms. The highest BCUT2D eigenvalue weighted by atomic mass is 16.2. The molecule has 0 unspecified atom stereocenters. The van der Waals surface area contributed by atoms with Gasteiger partial charge in [-0.1, -0.05) is 6.07 Å². The molecule has 4 aromatic heterocycles. The average Bonchev–Trinajstić information content (AvgIpc) is 3.44. The van der Waals surface area contributed by atoms with Gasteiger partial charge in [0.15, 0.2) is 0 Å². The zero-order chi connectivity index (χ0) is 19.3. The van der Waals surface area contributed by atoms with Gasteiger partial charge in [-0.15, -0.1) is 0 Å². The molecule has 0 saturated carbocycles. The Hall–Kier alpha value is -3.42. The highest BCUT2D eigenvalue weighted by Gasteiger charge is 2.37. The molecule has 1 amide bonds. The average molecular weight is 375 g/mol. The van der Waals surface area contributed by atoms with Crippen molar-refractivity contribution in [2.45, 2.75) is 32.4 Å². The number of aromatic nitrogens is 6. The molecule has 142 valence electrons. The molecule has 0 fully saturated rings. The van der Waals surface area contributed by atoms with E-state index in [1.165, 1.54) is 0 Å². The Morgan fingerprint density at radius 3 is 3.00 bits per heavy atom. The number of aromatic amines is 1. The van der Waals surface area contributed by atoms with E-state index in [9.17, 15) is 4.79 Å². The minimum Gasteiger partial charge on any atom is -0.348 e. The lowest BCUT2D eigenvalue weighted by Gasteiger charge is -2.34. The van der Waals surface area contributed by atoms with Gasteiger partial charge >= 0.3 is 0 Å². The van der Waals surface area contributed by atoms with Crippen molar-refractivity contribution >= 4 is 11.4 Å². The molecule has 8 heteroatoms. The van der Waals surface area contributed by atoms with Crippen LogP contribution in [-0.4, -0.2) is 46.7 Å². The Bertz CT molecular complexity index is 1120. The summed E-state index contributed by atoms with van der Waals surface area (Å²) in [6, 6.07) is 9.49. The second-order valence-electron chi connectivity index (χ2n) is 7.31. The standard InChI is InChI=1S/C20H21N7O/c1-13(2)27-17(6-8-23-27)20(28)25-10-7-15-18(22-12-21-15)19(25)16-11-14-5-3-4-9-26(14)24-16/h3-6,8-9,11-13,19H,7,10H2,1-2H3,(H,21,22)/t19-/m0/s1. The maximum Gasteiger partial charge on any atom is 0.273 e. The van der Waals surface area contributed by atoms with E-state index >= 15 is 0 Å². The number of hydrogen-bond acceptors (Lipinski definition) is 4. The van der Waals surface area contributed by atoms with Gasteiger partial charge in [-0.25, -0.2) is 9.50 Å². The van der Waals surface area contributed by atoms with Crippen LogP contribution in [0.1, 0.15) is 53.5 Å². The lowest BCUT2D eigenvalue weighted by molar-refractivity contribution is 0.0672. The predicted molar refractivity (Wildman–Crippen MR) is 103 cm³/mol. The molecule has 4 aromatic rings. The third-order valence-electron chi connectivity index (χ3n) is 5.23. The molecule has 0 radical (unpaired) electrons. The molecule has 28 heavy (non-hydrogen) atoms. The van der Waals surface area contributed by atoms with Crippen molar-refractivity contribution in [3.63, 3.8) is 0 Å². The Morgan fingerprint density at radius 2 is 2.18 bits per heavy atom. The number of fused-ring (bicyclic) bond motifs is 2. The minimum atomic E-state index is -0.335. The van der Waals surface area contributed by atoms with E-state index in [4.69, 9.17) is 5.10 Å². The monoisotopic (exact) mass is 375 g/mol. The van der Waals surface area contributed by atoms with Crippen molar-refractivity contribution in [1.29, 1.82) is 0 Å². The fraction of sp³-hybridized carbons (Fsp3) is 0.300. The number of H-pyrrole nitrogens is 1. The smallest absolute Gasteiger partial charge is 0.273 e. The van der Waals surface area contributed by atoms with Gasteiger partial charge in [0.05, 0.1) is 23.2 Å². The summed E-state index contributed by atoms with van der Waals surface area (Å²) in [6.07, 6.45) is 6.02. The summed E-state index contributed by atoms with van der Waals surface area (Å²) in [5.41, 5.74) is 4.30. The fourth-order valence-corrected chi connectivity index (χ4v) is 3.93. The fourth-order valence-electron chi connectivity index (χ4n) is 3.93. The number of carbonyl (C=O) groups is 1. The number of hydrogen-bond donors (Lipinski definition) is 1. The first-order chi connectivity index (χ1) is 13.6. The molecule has 1 aliphatic heterocycles. The van der Waals surface area contributed by atoms with Crippen LogP contribution in [0.5, 0.6) is 0 Å². The molecular formula is C20H21N7O. The summed E-state index contributed by atoms with van der Waals surface area (Å²) in [4.78, 5) is 23.1. The molecule has 8 nitrogen and oxygen atoms in total. The van der Waals surface area contributed by atoms with E-state index < -0.39 is 0 Å². The maximum absolute atomic E-state index is 13.5. The van der Waals surface area contributed by atoms with Gasteiger partial charge in [0.25, 0.3) is 5.91 Å². The van der Waals surface area contributed by atoms with Crippen LogP contribution in [0.3, 0.4) is 0 Å². The van der Waals surface area contributed by atoms with Crippen LogP contribution in [0.25, 0.3) is 5.52 Å². The van der Waals surface area contributed by atoms with Crippen LogP contribution in [0, 0.1) is 0 Å². The summed E-state index contributed by atoms with van der Waals surface area (Å²) in [6.45, 7) is 4.63. The number of carbonyl (C=O) groups excluding carboxylic acids is 1. The highest BCUT2D eigenvalue weighted by molar-refractivity contribution is 5.93. The van der Waals surface area contributed by atoms with E-state index in [0.717, 1.165) is 29.0 Å². The Morgan fingerprint density at radius 1 is 1.29 bits per heavy atom. The molecule has 1 aliphatic rings. The van der Waals surface area contributed by atoms with Crippen molar-refractivity contribution in [2.75, 3.05) is 6.54 Å². The van der Waals surface area contributed by atoms with Crippen LogP contribution < -0.4 is 0 Å². The largest absolute Gasteiger partial charge is 0.348 e. The van der Waals surface area contributed by atoms with Crippen molar-refractivity contribution in [3.05, 3.63) is 71.8 Å². The first-order valence-electron chi connectivity index (χ1n) is 9.44. The van der Waals surface area contributed by atoms with Crippen LogP contribution >= 0.6 is 0 Å². The van der Waals surface area contributed by atoms with Crippen molar-refractivity contribution in [3.8, 4) is 0 Å². The van der Waals surface area contributed by atoms with Crippen molar-refractivity contribution < 1.29 is 4.79 Å². The van der Waals surface area contributed by atoms with Crippen LogP contribution in [0.2, 0.25) is 0 Å². The summed E-state index contributed by atoms with van der Waals surface area (Å²) in [7, 11) is 0. The number of pyridine rings is 1. The van der Waals surface area contributed by atoms with E-state index in [0.29, 0.717) is 12.2 Å². The van der Waals surface area contributed by atoms with Gasteiger partial charge in [0.2, 0.25) is 0 Å². The Balaban J connectivity index is 1.62. The van der Waals surface area contributed by atoms with Crippen LogP contribution in [-0.2, 0) is 6.42 Å². The molecule has 0 saturated heterocycles. The topological polar surface area (TPSA) is 84.1 Å².